The van der Waals surface area contributed by atoms with Crippen LogP contribution in [0.15, 0.2) is 60.8 Å². The van der Waals surface area contributed by atoms with E-state index < -0.39 is 5.97 Å². The summed E-state index contributed by atoms with van der Waals surface area (Å²) in [5.74, 6) is -0.553. The molecule has 0 spiro atoms. The highest BCUT2D eigenvalue weighted by Crippen LogP contribution is 2.22. The second kappa shape index (κ2) is 10.0. The highest BCUT2D eigenvalue weighted by Gasteiger charge is 2.22. The Hall–Kier alpha value is -3.16. The first-order chi connectivity index (χ1) is 14.5. The van der Waals surface area contributed by atoms with Crippen LogP contribution >= 0.6 is 11.6 Å². The van der Waals surface area contributed by atoms with Crippen LogP contribution in [0, 0.1) is 0 Å². The second-order valence-electron chi connectivity index (χ2n) is 6.69. The van der Waals surface area contributed by atoms with Crippen LogP contribution in [0.2, 0.25) is 5.02 Å². The Morgan fingerprint density at radius 2 is 1.83 bits per heavy atom. The number of amides is 1. The smallest absolute Gasteiger partial charge is 0.343 e. The maximum Gasteiger partial charge on any atom is 0.343 e. The maximum absolute atomic E-state index is 12.7. The maximum atomic E-state index is 12.7. The number of anilines is 1. The predicted molar refractivity (Wildman–Crippen MR) is 116 cm³/mol. The Morgan fingerprint density at radius 3 is 2.53 bits per heavy atom. The van der Waals surface area contributed by atoms with Crippen LogP contribution in [0.4, 0.5) is 5.82 Å². The molecule has 3 rings (SSSR count). The summed E-state index contributed by atoms with van der Waals surface area (Å²) in [6.45, 7) is 2.56. The summed E-state index contributed by atoms with van der Waals surface area (Å²) in [7, 11) is 1.82. The van der Waals surface area contributed by atoms with Crippen molar-refractivity contribution in [2.24, 2.45) is 0 Å². The normalized spacial score (nSPS) is 10.8. The minimum Gasteiger partial charge on any atom is -0.462 e. The van der Waals surface area contributed by atoms with Gasteiger partial charge in [0.2, 0.25) is 5.91 Å². The van der Waals surface area contributed by atoms with Gasteiger partial charge in [-0.05, 0) is 37.7 Å². The summed E-state index contributed by atoms with van der Waals surface area (Å²) < 4.78 is 6.62. The molecular formula is C22H23ClN4O3. The number of para-hydroxylation sites is 1. The summed E-state index contributed by atoms with van der Waals surface area (Å²) in [4.78, 5) is 26.9. The van der Waals surface area contributed by atoms with E-state index in [4.69, 9.17) is 16.3 Å². The summed E-state index contributed by atoms with van der Waals surface area (Å²) in [6, 6.07) is 16.7. The van der Waals surface area contributed by atoms with E-state index in [1.807, 2.05) is 66.5 Å². The van der Waals surface area contributed by atoms with Crippen LogP contribution in [-0.2, 0) is 16.1 Å². The molecule has 30 heavy (non-hydrogen) atoms. The van der Waals surface area contributed by atoms with Crippen molar-refractivity contribution < 1.29 is 14.3 Å². The lowest BCUT2D eigenvalue weighted by Gasteiger charge is -2.18. The molecule has 0 atom stereocenters. The van der Waals surface area contributed by atoms with Crippen LogP contribution in [0.3, 0.4) is 0 Å². The molecule has 0 aliphatic heterocycles. The molecule has 0 aliphatic rings. The lowest BCUT2D eigenvalue weighted by Crippen LogP contribution is -2.31. The molecule has 1 amide bonds. The van der Waals surface area contributed by atoms with E-state index in [2.05, 4.69) is 10.4 Å². The van der Waals surface area contributed by atoms with Crippen molar-refractivity contribution in [3.05, 3.63) is 76.9 Å². The van der Waals surface area contributed by atoms with Crippen LogP contribution < -0.4 is 5.32 Å². The molecular weight excluding hydrogens is 404 g/mol. The fraction of sp³-hybridized carbons (Fsp3) is 0.227. The number of hydrogen-bond acceptors (Lipinski definition) is 5. The highest BCUT2D eigenvalue weighted by molar-refractivity contribution is 6.31. The van der Waals surface area contributed by atoms with E-state index >= 15 is 0 Å². The summed E-state index contributed by atoms with van der Waals surface area (Å²) >= 11 is 6.20. The van der Waals surface area contributed by atoms with E-state index in [9.17, 15) is 9.59 Å². The number of aromatic nitrogens is 2. The number of hydrogen-bond donors (Lipinski definition) is 1. The standard InChI is InChI=1S/C22H23ClN4O3/c1-3-30-22(29)18-13-24-27(17-10-5-4-6-11-17)21(18)25-20(28)15-26(2)14-16-9-7-8-12-19(16)23/h4-13H,3,14-15H2,1-2H3,(H,25,28). The number of nitrogens with zero attached hydrogens (tertiary/aromatic N) is 3. The molecule has 1 N–H and O–H groups in total. The van der Waals surface area contributed by atoms with Crippen molar-refractivity contribution in [1.82, 2.24) is 14.7 Å². The quantitative estimate of drug-likeness (QED) is 0.555. The first-order valence-electron chi connectivity index (χ1n) is 9.52. The zero-order chi connectivity index (χ0) is 21.5. The van der Waals surface area contributed by atoms with Crippen molar-refractivity contribution >= 4 is 29.3 Å². The molecule has 0 radical (unpaired) electrons. The molecule has 1 heterocycles. The lowest BCUT2D eigenvalue weighted by atomic mass is 10.2. The highest BCUT2D eigenvalue weighted by atomic mass is 35.5. The number of likely N-dealkylation sites (N-methyl/N-ethyl adjacent to an activating group) is 1. The van der Waals surface area contributed by atoms with Crippen molar-refractivity contribution in [3.8, 4) is 5.69 Å². The van der Waals surface area contributed by atoms with E-state index in [-0.39, 0.29) is 30.4 Å². The number of rotatable bonds is 8. The van der Waals surface area contributed by atoms with Gasteiger partial charge in [0.1, 0.15) is 5.56 Å². The van der Waals surface area contributed by atoms with Gasteiger partial charge in [0, 0.05) is 11.6 Å². The fourth-order valence-corrected chi connectivity index (χ4v) is 3.18. The predicted octanol–water partition coefficient (Wildman–Crippen LogP) is 3.77. The number of carbonyl (C=O) groups excluding carboxylic acids is 2. The zero-order valence-corrected chi connectivity index (χ0v) is 17.6. The van der Waals surface area contributed by atoms with Crippen LogP contribution in [-0.4, -0.2) is 46.8 Å². The van der Waals surface area contributed by atoms with Crippen LogP contribution in [0.25, 0.3) is 5.69 Å². The number of halogens is 1. The molecule has 2 aromatic carbocycles. The van der Waals surface area contributed by atoms with Crippen molar-refractivity contribution in [2.45, 2.75) is 13.5 Å². The number of esters is 1. The average Bonchev–Trinajstić information content (AvgIpc) is 3.14. The molecule has 0 fully saturated rings. The SMILES string of the molecule is CCOC(=O)c1cnn(-c2ccccc2)c1NC(=O)CN(C)Cc1ccccc1Cl. The third-order valence-corrected chi connectivity index (χ3v) is 4.70. The Bertz CT molecular complexity index is 1020. The Morgan fingerprint density at radius 1 is 1.13 bits per heavy atom. The van der Waals surface area contributed by atoms with Gasteiger partial charge in [0.05, 0.1) is 25.0 Å². The number of benzene rings is 2. The van der Waals surface area contributed by atoms with E-state index in [0.29, 0.717) is 17.3 Å². The third kappa shape index (κ3) is 5.25. The van der Waals surface area contributed by atoms with Gasteiger partial charge in [0.25, 0.3) is 0 Å². The van der Waals surface area contributed by atoms with Gasteiger partial charge in [-0.1, -0.05) is 48.0 Å². The van der Waals surface area contributed by atoms with Crippen molar-refractivity contribution in [1.29, 1.82) is 0 Å². The minimum atomic E-state index is -0.542. The zero-order valence-electron chi connectivity index (χ0n) is 16.8. The summed E-state index contributed by atoms with van der Waals surface area (Å²) in [5, 5.41) is 7.74. The van der Waals surface area contributed by atoms with Gasteiger partial charge >= 0.3 is 5.97 Å². The third-order valence-electron chi connectivity index (χ3n) is 4.33. The van der Waals surface area contributed by atoms with Crippen molar-refractivity contribution in [3.63, 3.8) is 0 Å². The summed E-state index contributed by atoms with van der Waals surface area (Å²) in [5.41, 5.74) is 1.84. The lowest BCUT2D eigenvalue weighted by molar-refractivity contribution is -0.117. The van der Waals surface area contributed by atoms with E-state index in [0.717, 1.165) is 5.56 Å². The van der Waals surface area contributed by atoms with E-state index in [1.54, 1.807) is 6.92 Å². The Balaban J connectivity index is 1.78. The second-order valence-corrected chi connectivity index (χ2v) is 7.09. The molecule has 7 nitrogen and oxygen atoms in total. The monoisotopic (exact) mass is 426 g/mol. The molecule has 0 saturated heterocycles. The minimum absolute atomic E-state index is 0.105. The molecule has 0 aliphatic carbocycles. The molecule has 0 unspecified atom stereocenters. The molecule has 8 heteroatoms. The number of ether oxygens (including phenoxy) is 1. The molecule has 1 aromatic heterocycles. The molecule has 156 valence electrons. The Kier molecular flexibility index (Phi) is 7.21. The van der Waals surface area contributed by atoms with Gasteiger partial charge in [-0.15, -0.1) is 0 Å². The summed E-state index contributed by atoms with van der Waals surface area (Å²) in [6.07, 6.45) is 1.40. The fourth-order valence-electron chi connectivity index (χ4n) is 2.98. The topological polar surface area (TPSA) is 76.5 Å². The van der Waals surface area contributed by atoms with Crippen molar-refractivity contribution in [2.75, 3.05) is 25.5 Å². The molecule has 3 aromatic rings. The first-order valence-corrected chi connectivity index (χ1v) is 9.89. The number of nitrogens with one attached hydrogen (secondary N) is 1. The molecule has 0 bridgehead atoms. The van der Waals surface area contributed by atoms with Gasteiger partial charge in [-0.3, -0.25) is 9.69 Å². The average molecular weight is 427 g/mol. The van der Waals surface area contributed by atoms with Gasteiger partial charge in [-0.2, -0.15) is 5.10 Å². The van der Waals surface area contributed by atoms with Gasteiger partial charge in [0.15, 0.2) is 5.82 Å². The molecule has 0 saturated carbocycles. The van der Waals surface area contributed by atoms with Crippen LogP contribution in [0.1, 0.15) is 22.8 Å². The van der Waals surface area contributed by atoms with Crippen LogP contribution in [0.5, 0.6) is 0 Å². The first kappa shape index (κ1) is 21.5. The Labute approximate surface area is 180 Å². The van der Waals surface area contributed by atoms with Gasteiger partial charge in [-0.25, -0.2) is 9.48 Å². The largest absolute Gasteiger partial charge is 0.462 e. The van der Waals surface area contributed by atoms with E-state index in [1.165, 1.54) is 10.9 Å². The number of carbonyl (C=O) groups is 2. The van der Waals surface area contributed by atoms with Gasteiger partial charge < -0.3 is 10.1 Å².